The third kappa shape index (κ3) is 0.743. The molecule has 54 valence electrons. The second-order valence-electron chi connectivity index (χ2n) is 2.66. The summed E-state index contributed by atoms with van der Waals surface area (Å²) in [6, 6.07) is 2.54. The van der Waals surface area contributed by atoms with E-state index in [1.165, 1.54) is 5.69 Å². The van der Waals surface area contributed by atoms with Gasteiger partial charge in [0.2, 0.25) is 0 Å². The van der Waals surface area contributed by atoms with Crippen molar-refractivity contribution in [2.45, 2.75) is 19.5 Å². The topological polar surface area (TPSA) is 29.9 Å². The molecule has 0 saturated carbocycles. The molecule has 0 bridgehead atoms. The smallest absolute Gasteiger partial charge is 0.0551 e. The molecular formula is C7H11N3. The molecule has 1 aliphatic heterocycles. The highest BCUT2D eigenvalue weighted by Gasteiger charge is 2.14. The molecule has 0 aromatic carbocycles. The molecule has 0 fully saturated rings. The van der Waals surface area contributed by atoms with Crippen molar-refractivity contribution in [1.82, 2.24) is 15.1 Å². The van der Waals surface area contributed by atoms with Crippen LogP contribution in [-0.4, -0.2) is 16.3 Å². The number of aromatic nitrogens is 2. The van der Waals surface area contributed by atoms with E-state index in [-0.39, 0.29) is 0 Å². The average Bonchev–Trinajstić information content (AvgIpc) is 2.36. The van der Waals surface area contributed by atoms with Gasteiger partial charge >= 0.3 is 0 Å². The zero-order chi connectivity index (χ0) is 6.97. The molecule has 1 aliphatic rings. The summed E-state index contributed by atoms with van der Waals surface area (Å²) >= 11 is 0. The zero-order valence-corrected chi connectivity index (χ0v) is 6.04. The van der Waals surface area contributed by atoms with Gasteiger partial charge in [0, 0.05) is 18.8 Å². The summed E-state index contributed by atoms with van der Waals surface area (Å²) < 4.78 is 2.06. The number of rotatable bonds is 0. The monoisotopic (exact) mass is 137 g/mol. The second-order valence-corrected chi connectivity index (χ2v) is 2.66. The van der Waals surface area contributed by atoms with Crippen LogP contribution in [0.4, 0.5) is 0 Å². The molecule has 2 rings (SSSR count). The van der Waals surface area contributed by atoms with Crippen molar-refractivity contribution in [2.24, 2.45) is 0 Å². The predicted octanol–water partition coefficient (Wildman–Crippen LogP) is 0.547. The molecule has 1 atom stereocenters. The number of fused-ring (bicyclic) bond motifs is 1. The van der Waals surface area contributed by atoms with Crippen LogP contribution in [0.2, 0.25) is 0 Å². The highest BCUT2D eigenvalue weighted by Crippen LogP contribution is 2.13. The lowest BCUT2D eigenvalue weighted by molar-refractivity contribution is 0.419. The molecule has 10 heavy (non-hydrogen) atoms. The van der Waals surface area contributed by atoms with Crippen molar-refractivity contribution in [3.8, 4) is 0 Å². The number of nitrogens with one attached hydrogen (secondary N) is 1. The lowest BCUT2D eigenvalue weighted by Gasteiger charge is -2.21. The van der Waals surface area contributed by atoms with Gasteiger partial charge in [-0.15, -0.1) is 0 Å². The van der Waals surface area contributed by atoms with Crippen molar-refractivity contribution >= 4 is 0 Å². The molecule has 2 heterocycles. The highest BCUT2D eigenvalue weighted by atomic mass is 15.3. The fourth-order valence-corrected chi connectivity index (χ4v) is 1.39. The Labute approximate surface area is 60.0 Å². The number of hydrogen-bond acceptors (Lipinski definition) is 2. The summed E-state index contributed by atoms with van der Waals surface area (Å²) in [5, 5.41) is 7.55. The average molecular weight is 137 g/mol. The summed E-state index contributed by atoms with van der Waals surface area (Å²) in [4.78, 5) is 0. The molecule has 0 saturated heterocycles. The minimum Gasteiger partial charge on any atom is -0.307 e. The van der Waals surface area contributed by atoms with Crippen LogP contribution < -0.4 is 5.32 Å². The van der Waals surface area contributed by atoms with Crippen LogP contribution >= 0.6 is 0 Å². The van der Waals surface area contributed by atoms with Crippen molar-refractivity contribution in [3.63, 3.8) is 0 Å². The summed E-state index contributed by atoms with van der Waals surface area (Å²) in [6.45, 7) is 4.20. The fraction of sp³-hybridized carbons (Fsp3) is 0.571. The van der Waals surface area contributed by atoms with Crippen LogP contribution in [0.25, 0.3) is 0 Å². The number of hydrogen-bond donors (Lipinski definition) is 1. The van der Waals surface area contributed by atoms with E-state index in [9.17, 15) is 0 Å². The molecular weight excluding hydrogens is 126 g/mol. The van der Waals surface area contributed by atoms with Crippen molar-refractivity contribution in [2.75, 3.05) is 6.54 Å². The van der Waals surface area contributed by atoms with Gasteiger partial charge < -0.3 is 5.32 Å². The summed E-state index contributed by atoms with van der Waals surface area (Å²) in [5.41, 5.74) is 1.30. The Kier molecular flexibility index (Phi) is 1.24. The van der Waals surface area contributed by atoms with Gasteiger partial charge in [-0.25, -0.2) is 0 Å². The summed E-state index contributed by atoms with van der Waals surface area (Å²) in [6.07, 6.45) is 1.86. The lowest BCUT2D eigenvalue weighted by atomic mass is 10.2. The first-order chi connectivity index (χ1) is 4.88. The Bertz CT molecular complexity index is 229. The quantitative estimate of drug-likeness (QED) is 0.566. The van der Waals surface area contributed by atoms with Gasteiger partial charge in [0.15, 0.2) is 0 Å². The molecule has 0 unspecified atom stereocenters. The van der Waals surface area contributed by atoms with Gasteiger partial charge in [-0.2, -0.15) is 5.10 Å². The van der Waals surface area contributed by atoms with Gasteiger partial charge in [-0.05, 0) is 13.0 Å². The van der Waals surface area contributed by atoms with E-state index in [1.807, 2.05) is 6.20 Å². The van der Waals surface area contributed by atoms with E-state index in [1.54, 1.807) is 0 Å². The molecule has 3 nitrogen and oxygen atoms in total. The van der Waals surface area contributed by atoms with Crippen molar-refractivity contribution in [1.29, 1.82) is 0 Å². The highest BCUT2D eigenvalue weighted by molar-refractivity contribution is 5.07. The predicted molar refractivity (Wildman–Crippen MR) is 38.6 cm³/mol. The fourth-order valence-electron chi connectivity index (χ4n) is 1.39. The Morgan fingerprint density at radius 2 is 2.70 bits per heavy atom. The van der Waals surface area contributed by atoms with Crippen LogP contribution in [0, 0.1) is 0 Å². The van der Waals surface area contributed by atoms with Crippen LogP contribution in [0.5, 0.6) is 0 Å². The van der Waals surface area contributed by atoms with Crippen molar-refractivity contribution < 1.29 is 0 Å². The molecule has 1 aromatic heterocycles. The zero-order valence-electron chi connectivity index (χ0n) is 6.04. The molecule has 1 aromatic rings. The first kappa shape index (κ1) is 5.92. The molecule has 0 radical (unpaired) electrons. The Hall–Kier alpha value is -0.830. The first-order valence-electron chi connectivity index (χ1n) is 3.63. The van der Waals surface area contributed by atoms with E-state index < -0.39 is 0 Å². The van der Waals surface area contributed by atoms with Gasteiger partial charge in [-0.1, -0.05) is 0 Å². The largest absolute Gasteiger partial charge is 0.307 e. The van der Waals surface area contributed by atoms with Gasteiger partial charge in [0.05, 0.1) is 12.2 Å². The Balaban J connectivity index is 2.41. The normalized spacial score (nSPS) is 24.3. The van der Waals surface area contributed by atoms with E-state index in [0.717, 1.165) is 13.1 Å². The molecule has 0 amide bonds. The summed E-state index contributed by atoms with van der Waals surface area (Å²) in [5.74, 6) is 0. The Morgan fingerprint density at radius 1 is 1.80 bits per heavy atom. The second kappa shape index (κ2) is 2.09. The van der Waals surface area contributed by atoms with Crippen LogP contribution in [0.1, 0.15) is 18.7 Å². The van der Waals surface area contributed by atoms with Crippen LogP contribution in [0.15, 0.2) is 12.3 Å². The molecule has 3 heteroatoms. The van der Waals surface area contributed by atoms with Gasteiger partial charge in [0.25, 0.3) is 0 Å². The maximum absolute atomic E-state index is 4.18. The first-order valence-corrected chi connectivity index (χ1v) is 3.63. The minimum absolute atomic E-state index is 0.469. The molecule has 0 spiro atoms. The van der Waals surface area contributed by atoms with Gasteiger partial charge in [0.1, 0.15) is 0 Å². The van der Waals surface area contributed by atoms with E-state index in [2.05, 4.69) is 28.1 Å². The standard InChI is InChI=1S/C7H11N3/c1-6-7-2-3-9-10(7)5-4-8-6/h2-3,6,8H,4-5H2,1H3/t6-/m0/s1. The maximum atomic E-state index is 4.18. The van der Waals surface area contributed by atoms with E-state index >= 15 is 0 Å². The maximum Gasteiger partial charge on any atom is 0.0551 e. The van der Waals surface area contributed by atoms with Gasteiger partial charge in [-0.3, -0.25) is 4.68 Å². The third-order valence-corrected chi connectivity index (χ3v) is 1.97. The van der Waals surface area contributed by atoms with Crippen LogP contribution in [0.3, 0.4) is 0 Å². The lowest BCUT2D eigenvalue weighted by Crippen LogP contribution is -2.31. The van der Waals surface area contributed by atoms with E-state index in [4.69, 9.17) is 0 Å². The van der Waals surface area contributed by atoms with E-state index in [0.29, 0.717) is 6.04 Å². The summed E-state index contributed by atoms with van der Waals surface area (Å²) in [7, 11) is 0. The molecule has 0 aliphatic carbocycles. The Morgan fingerprint density at radius 3 is 3.50 bits per heavy atom. The molecule has 1 N–H and O–H groups in total. The SMILES string of the molecule is C[C@@H]1NCCn2nccc21. The van der Waals surface area contributed by atoms with Crippen LogP contribution in [-0.2, 0) is 6.54 Å². The number of nitrogens with zero attached hydrogens (tertiary/aromatic N) is 2. The minimum atomic E-state index is 0.469. The van der Waals surface area contributed by atoms with Crippen molar-refractivity contribution in [3.05, 3.63) is 18.0 Å². The third-order valence-electron chi connectivity index (χ3n) is 1.97.